The molecule has 2 rings (SSSR count). The van der Waals surface area contributed by atoms with E-state index in [2.05, 4.69) is 13.8 Å². The Labute approximate surface area is 119 Å². The highest BCUT2D eigenvalue weighted by molar-refractivity contribution is 5.64. The van der Waals surface area contributed by atoms with Gasteiger partial charge in [0, 0.05) is 0 Å². The Bertz CT molecular complexity index is 485. The molecule has 4 heteroatoms. The van der Waals surface area contributed by atoms with E-state index in [0.29, 0.717) is 36.2 Å². The van der Waals surface area contributed by atoms with Crippen LogP contribution in [-0.2, 0) is 0 Å². The first kappa shape index (κ1) is 14.6. The molecule has 0 aliphatic heterocycles. The van der Waals surface area contributed by atoms with E-state index in [-0.39, 0.29) is 0 Å². The zero-order chi connectivity index (χ0) is 14.2. The fourth-order valence-corrected chi connectivity index (χ4v) is 1.79. The van der Waals surface area contributed by atoms with Gasteiger partial charge in [-0.2, -0.15) is 0 Å². The van der Waals surface area contributed by atoms with Crippen molar-refractivity contribution in [2.75, 3.05) is 13.2 Å². The fourth-order valence-electron chi connectivity index (χ4n) is 1.79. The minimum atomic E-state index is 0.595. The van der Waals surface area contributed by atoms with Gasteiger partial charge in [-0.1, -0.05) is 26.7 Å². The molecule has 2 aromatic heterocycles. The van der Waals surface area contributed by atoms with Gasteiger partial charge in [-0.15, -0.1) is 0 Å². The van der Waals surface area contributed by atoms with Crippen LogP contribution in [-0.4, -0.2) is 13.2 Å². The minimum absolute atomic E-state index is 0.595. The molecule has 0 aliphatic carbocycles. The summed E-state index contributed by atoms with van der Waals surface area (Å²) in [6, 6.07) is 3.67. The molecule has 110 valence electrons. The number of ether oxygens (including phenoxy) is 2. The number of hydrogen-bond acceptors (Lipinski definition) is 4. The van der Waals surface area contributed by atoms with E-state index in [1.807, 2.05) is 12.1 Å². The Kier molecular flexibility index (Phi) is 5.59. The van der Waals surface area contributed by atoms with Crippen molar-refractivity contribution in [1.82, 2.24) is 0 Å². The van der Waals surface area contributed by atoms with Crippen LogP contribution in [0.3, 0.4) is 0 Å². The summed E-state index contributed by atoms with van der Waals surface area (Å²) in [5, 5.41) is 0. The van der Waals surface area contributed by atoms with Crippen molar-refractivity contribution >= 4 is 0 Å². The summed E-state index contributed by atoms with van der Waals surface area (Å²) in [5.41, 5.74) is 0. The largest absolute Gasteiger partial charge is 0.487 e. The van der Waals surface area contributed by atoms with Gasteiger partial charge >= 0.3 is 0 Å². The van der Waals surface area contributed by atoms with Crippen LogP contribution in [0.15, 0.2) is 33.5 Å². The molecule has 0 N–H and O–H groups in total. The Balaban J connectivity index is 2.14. The third-order valence-corrected chi connectivity index (χ3v) is 2.96. The van der Waals surface area contributed by atoms with Crippen molar-refractivity contribution in [3.05, 3.63) is 24.7 Å². The molecule has 0 aromatic carbocycles. The van der Waals surface area contributed by atoms with Gasteiger partial charge in [-0.25, -0.2) is 0 Å². The molecule has 2 heterocycles. The Morgan fingerprint density at radius 2 is 1.75 bits per heavy atom. The lowest BCUT2D eigenvalue weighted by Gasteiger charge is -2.08. The van der Waals surface area contributed by atoms with Gasteiger partial charge in [0.05, 0.1) is 19.5 Å². The van der Waals surface area contributed by atoms with Gasteiger partial charge in [0.1, 0.15) is 6.26 Å². The first-order valence-electron chi connectivity index (χ1n) is 7.27. The summed E-state index contributed by atoms with van der Waals surface area (Å²) in [5.74, 6) is 2.55. The van der Waals surface area contributed by atoms with Crippen LogP contribution in [0.4, 0.5) is 0 Å². The molecule has 0 unspecified atom stereocenters. The molecule has 0 saturated carbocycles. The van der Waals surface area contributed by atoms with Crippen molar-refractivity contribution in [2.24, 2.45) is 0 Å². The summed E-state index contributed by atoms with van der Waals surface area (Å²) in [6.45, 7) is 5.57. The second kappa shape index (κ2) is 7.68. The topological polar surface area (TPSA) is 44.7 Å². The lowest BCUT2D eigenvalue weighted by Crippen LogP contribution is -2.01. The standard InChI is InChI=1S/C16H22O4/c1-3-5-9-18-14-12-20-15(13-8-7-11-17-13)16(14)19-10-6-4-2/h7-8,11-12H,3-6,9-10H2,1-2H3. The molecule has 2 aromatic rings. The molecule has 0 amide bonds. The molecule has 0 aliphatic rings. The lowest BCUT2D eigenvalue weighted by atomic mass is 10.3. The predicted octanol–water partition coefficient (Wildman–Crippen LogP) is 4.90. The van der Waals surface area contributed by atoms with Crippen molar-refractivity contribution in [3.63, 3.8) is 0 Å². The average Bonchev–Trinajstić information content (AvgIpc) is 3.09. The van der Waals surface area contributed by atoms with E-state index in [9.17, 15) is 0 Å². The van der Waals surface area contributed by atoms with Gasteiger partial charge in [-0.3, -0.25) is 0 Å². The van der Waals surface area contributed by atoms with E-state index in [1.165, 1.54) is 0 Å². The van der Waals surface area contributed by atoms with Gasteiger partial charge in [0.2, 0.25) is 17.3 Å². The molecule has 0 bridgehead atoms. The molecular formula is C16H22O4. The van der Waals surface area contributed by atoms with Crippen molar-refractivity contribution in [3.8, 4) is 23.0 Å². The first-order valence-corrected chi connectivity index (χ1v) is 7.27. The Hall–Kier alpha value is -1.84. The highest BCUT2D eigenvalue weighted by Crippen LogP contribution is 2.40. The predicted molar refractivity (Wildman–Crippen MR) is 77.2 cm³/mol. The maximum atomic E-state index is 5.82. The minimum Gasteiger partial charge on any atom is -0.487 e. The van der Waals surface area contributed by atoms with Crippen molar-refractivity contribution < 1.29 is 18.3 Å². The first-order chi connectivity index (χ1) is 9.86. The monoisotopic (exact) mass is 278 g/mol. The van der Waals surface area contributed by atoms with E-state index in [1.54, 1.807) is 12.5 Å². The maximum absolute atomic E-state index is 5.82. The lowest BCUT2D eigenvalue weighted by molar-refractivity contribution is 0.264. The van der Waals surface area contributed by atoms with Crippen LogP contribution in [0.2, 0.25) is 0 Å². The maximum Gasteiger partial charge on any atom is 0.215 e. The highest BCUT2D eigenvalue weighted by atomic mass is 16.5. The zero-order valence-electron chi connectivity index (χ0n) is 12.2. The quantitative estimate of drug-likeness (QED) is 0.612. The Morgan fingerprint density at radius 3 is 2.40 bits per heavy atom. The van der Waals surface area contributed by atoms with Crippen LogP contribution >= 0.6 is 0 Å². The molecular weight excluding hydrogens is 256 g/mol. The molecule has 0 radical (unpaired) electrons. The number of unbranched alkanes of at least 4 members (excludes halogenated alkanes) is 2. The van der Waals surface area contributed by atoms with Crippen molar-refractivity contribution in [1.29, 1.82) is 0 Å². The van der Waals surface area contributed by atoms with Gasteiger partial charge in [0.25, 0.3) is 0 Å². The second-order valence-electron chi connectivity index (χ2n) is 4.64. The summed E-state index contributed by atoms with van der Waals surface area (Å²) in [7, 11) is 0. The van der Waals surface area contributed by atoms with Crippen molar-refractivity contribution in [2.45, 2.75) is 39.5 Å². The van der Waals surface area contributed by atoms with Crippen LogP contribution in [0.25, 0.3) is 11.5 Å². The summed E-state index contributed by atoms with van der Waals surface area (Å²) in [6.07, 6.45) is 7.39. The van der Waals surface area contributed by atoms with Crippen LogP contribution in [0.5, 0.6) is 11.5 Å². The van der Waals surface area contributed by atoms with Crippen LogP contribution in [0.1, 0.15) is 39.5 Å². The molecule has 0 atom stereocenters. The van der Waals surface area contributed by atoms with Crippen LogP contribution < -0.4 is 9.47 Å². The van der Waals surface area contributed by atoms with E-state index in [4.69, 9.17) is 18.3 Å². The van der Waals surface area contributed by atoms with Crippen LogP contribution in [0, 0.1) is 0 Å². The third-order valence-electron chi connectivity index (χ3n) is 2.96. The molecule has 20 heavy (non-hydrogen) atoms. The number of hydrogen-bond donors (Lipinski definition) is 0. The average molecular weight is 278 g/mol. The molecule has 4 nitrogen and oxygen atoms in total. The summed E-state index contributed by atoms with van der Waals surface area (Å²) in [4.78, 5) is 0. The normalized spacial score (nSPS) is 10.7. The summed E-state index contributed by atoms with van der Waals surface area (Å²) >= 11 is 0. The fraction of sp³-hybridized carbons (Fsp3) is 0.500. The molecule has 0 fully saturated rings. The van der Waals surface area contributed by atoms with Gasteiger partial charge in [-0.05, 0) is 25.0 Å². The number of rotatable bonds is 9. The Morgan fingerprint density at radius 1 is 1.00 bits per heavy atom. The smallest absolute Gasteiger partial charge is 0.215 e. The molecule has 0 saturated heterocycles. The summed E-state index contributed by atoms with van der Waals surface area (Å²) < 4.78 is 22.5. The van der Waals surface area contributed by atoms with Gasteiger partial charge in [0.15, 0.2) is 5.76 Å². The SMILES string of the molecule is CCCCOc1coc(-c2ccco2)c1OCCCC. The third kappa shape index (κ3) is 3.59. The number of furan rings is 2. The van der Waals surface area contributed by atoms with E-state index < -0.39 is 0 Å². The van der Waals surface area contributed by atoms with Gasteiger partial charge < -0.3 is 18.3 Å². The molecule has 0 spiro atoms. The second-order valence-corrected chi connectivity index (χ2v) is 4.64. The van der Waals surface area contributed by atoms with E-state index in [0.717, 1.165) is 25.7 Å². The highest BCUT2D eigenvalue weighted by Gasteiger charge is 2.20. The zero-order valence-corrected chi connectivity index (χ0v) is 12.2. The van der Waals surface area contributed by atoms with E-state index >= 15 is 0 Å².